The van der Waals surface area contributed by atoms with Crippen molar-refractivity contribution in [3.63, 3.8) is 0 Å². The van der Waals surface area contributed by atoms with Crippen molar-refractivity contribution >= 4 is 45.4 Å². The Bertz CT molecular complexity index is 1470. The lowest BCUT2D eigenvalue weighted by Gasteiger charge is -2.14. The number of nitrogens with zero attached hydrogens (tertiary/aromatic N) is 3. The zero-order chi connectivity index (χ0) is 24.4. The Balaban J connectivity index is 1.29. The number of ether oxygens (including phenoxy) is 1. The number of rotatable bonds is 7. The zero-order valence-corrected chi connectivity index (χ0v) is 19.2. The lowest BCUT2D eigenvalue weighted by Crippen LogP contribution is -2.32. The highest BCUT2D eigenvalue weighted by Crippen LogP contribution is 2.33. The van der Waals surface area contributed by atoms with Crippen molar-refractivity contribution in [3.8, 4) is 11.4 Å². The minimum Gasteiger partial charge on any atom is -0.491 e. The van der Waals surface area contributed by atoms with E-state index >= 15 is 0 Å². The second-order valence-corrected chi connectivity index (χ2v) is 8.73. The second kappa shape index (κ2) is 9.47. The van der Waals surface area contributed by atoms with Crippen LogP contribution in [-0.2, 0) is 4.79 Å². The molecule has 0 saturated carbocycles. The highest BCUT2D eigenvalue weighted by molar-refractivity contribution is 8.18. The summed E-state index contributed by atoms with van der Waals surface area (Å²) in [5.74, 6) is 0.324. The van der Waals surface area contributed by atoms with Crippen LogP contribution in [0.2, 0.25) is 0 Å². The number of imide groups is 1. The van der Waals surface area contributed by atoms with E-state index in [1.165, 1.54) is 17.0 Å². The monoisotopic (exact) mass is 485 g/mol. The van der Waals surface area contributed by atoms with Crippen LogP contribution in [0.4, 0.5) is 10.5 Å². The third kappa shape index (κ3) is 4.53. The first-order valence-electron chi connectivity index (χ1n) is 10.8. The first kappa shape index (κ1) is 22.4. The van der Waals surface area contributed by atoms with E-state index in [2.05, 4.69) is 0 Å². The fourth-order valence-corrected chi connectivity index (χ4v) is 4.73. The van der Waals surface area contributed by atoms with Gasteiger partial charge >= 0.3 is 0 Å². The van der Waals surface area contributed by atoms with Gasteiger partial charge in [0.25, 0.3) is 16.8 Å². The third-order valence-corrected chi connectivity index (χ3v) is 6.50. The molecule has 9 heteroatoms. The third-order valence-electron chi connectivity index (χ3n) is 5.59. The van der Waals surface area contributed by atoms with Crippen molar-refractivity contribution in [2.75, 3.05) is 13.2 Å². The molecule has 0 bridgehead atoms. The molecule has 0 radical (unpaired) electrons. The number of carbonyl (C=O) groups excluding carboxylic acids is 2. The number of nitro groups is 1. The van der Waals surface area contributed by atoms with Crippen LogP contribution in [0.3, 0.4) is 0 Å². The van der Waals surface area contributed by atoms with Crippen LogP contribution < -0.4 is 4.74 Å². The van der Waals surface area contributed by atoms with Crippen LogP contribution in [0.15, 0.2) is 90.0 Å². The highest BCUT2D eigenvalue weighted by atomic mass is 32.2. The minimum absolute atomic E-state index is 0.00528. The van der Waals surface area contributed by atoms with Gasteiger partial charge in [0.15, 0.2) is 0 Å². The fraction of sp³-hybridized carbons (Fsp3) is 0.0769. The van der Waals surface area contributed by atoms with Crippen LogP contribution in [0.5, 0.6) is 5.75 Å². The Labute approximate surface area is 204 Å². The lowest BCUT2D eigenvalue weighted by molar-refractivity contribution is -0.384. The van der Waals surface area contributed by atoms with E-state index in [1.807, 2.05) is 42.5 Å². The molecule has 35 heavy (non-hydrogen) atoms. The van der Waals surface area contributed by atoms with Gasteiger partial charge in [-0.3, -0.25) is 24.6 Å². The first-order chi connectivity index (χ1) is 17.0. The quantitative estimate of drug-likeness (QED) is 0.191. The van der Waals surface area contributed by atoms with E-state index in [-0.39, 0.29) is 30.0 Å². The number of fused-ring (bicyclic) bond motifs is 1. The summed E-state index contributed by atoms with van der Waals surface area (Å²) in [7, 11) is 0. The molecule has 5 rings (SSSR count). The number of amides is 2. The van der Waals surface area contributed by atoms with Crippen molar-refractivity contribution in [1.82, 2.24) is 9.47 Å². The molecular weight excluding hydrogens is 466 g/mol. The van der Waals surface area contributed by atoms with Crippen LogP contribution in [-0.4, -0.2) is 38.7 Å². The molecule has 1 aromatic heterocycles. The maximum atomic E-state index is 12.9. The van der Waals surface area contributed by atoms with E-state index in [1.54, 1.807) is 41.1 Å². The van der Waals surface area contributed by atoms with Crippen molar-refractivity contribution in [2.24, 2.45) is 0 Å². The first-order valence-corrected chi connectivity index (χ1v) is 11.6. The smallest absolute Gasteiger partial charge is 0.293 e. The Kier molecular flexibility index (Phi) is 6.07. The molecule has 0 N–H and O–H groups in total. The summed E-state index contributed by atoms with van der Waals surface area (Å²) in [4.78, 5) is 37.4. The van der Waals surface area contributed by atoms with Crippen LogP contribution >= 0.6 is 11.8 Å². The number of thioether (sulfide) groups is 1. The second-order valence-electron chi connectivity index (χ2n) is 7.74. The van der Waals surface area contributed by atoms with Crippen LogP contribution in [0.1, 0.15) is 5.69 Å². The minimum atomic E-state index is -0.458. The summed E-state index contributed by atoms with van der Waals surface area (Å²) in [5, 5.41) is 12.6. The van der Waals surface area contributed by atoms with Crippen molar-refractivity contribution < 1.29 is 19.2 Å². The molecule has 4 aromatic rings. The van der Waals surface area contributed by atoms with Crippen molar-refractivity contribution in [3.05, 3.63) is 106 Å². The number of hydrogen-bond donors (Lipinski definition) is 0. The number of carbonyl (C=O) groups is 2. The molecule has 2 amide bonds. The Morgan fingerprint density at radius 2 is 1.71 bits per heavy atom. The molecule has 174 valence electrons. The average Bonchev–Trinajstić information content (AvgIpc) is 3.44. The van der Waals surface area contributed by atoms with Gasteiger partial charge in [-0.05, 0) is 53.6 Å². The molecule has 3 aromatic carbocycles. The van der Waals surface area contributed by atoms with Gasteiger partial charge in [-0.25, -0.2) is 0 Å². The summed E-state index contributed by atoms with van der Waals surface area (Å²) in [6.45, 7) is 0.313. The van der Waals surface area contributed by atoms with Crippen molar-refractivity contribution in [1.29, 1.82) is 0 Å². The standard InChI is InChI=1S/C26H19N3O5S/c30-25-24(17-21-7-4-14-27(21)19-10-12-20(13-11-19)29(32)33)35-26(31)28(25)15-16-34-23-9-3-6-18-5-1-2-8-22(18)23/h1-14,17H,15-16H2/b24-17-. The maximum absolute atomic E-state index is 12.9. The number of benzene rings is 3. The van der Waals surface area contributed by atoms with Gasteiger partial charge in [0.05, 0.1) is 16.4 Å². The molecule has 8 nitrogen and oxygen atoms in total. The summed E-state index contributed by atoms with van der Waals surface area (Å²) in [6, 6.07) is 23.3. The SMILES string of the molecule is O=C1S/C(=C\c2cccn2-c2ccc([N+](=O)[O-])cc2)C(=O)N1CCOc1cccc2ccccc12. The average molecular weight is 486 g/mol. The van der Waals surface area contributed by atoms with E-state index in [0.717, 1.165) is 22.5 Å². The Morgan fingerprint density at radius 1 is 0.943 bits per heavy atom. The zero-order valence-electron chi connectivity index (χ0n) is 18.4. The maximum Gasteiger partial charge on any atom is 0.293 e. The molecule has 0 unspecified atom stereocenters. The Hall–Kier alpha value is -4.37. The van der Waals surface area contributed by atoms with Gasteiger partial charge in [-0.2, -0.15) is 0 Å². The van der Waals surface area contributed by atoms with E-state index < -0.39 is 4.92 Å². The number of aromatic nitrogens is 1. The predicted molar refractivity (Wildman–Crippen MR) is 135 cm³/mol. The normalized spacial score (nSPS) is 14.7. The summed E-state index contributed by atoms with van der Waals surface area (Å²) in [6.07, 6.45) is 3.44. The summed E-state index contributed by atoms with van der Waals surface area (Å²) < 4.78 is 7.69. The van der Waals surface area contributed by atoms with E-state index in [0.29, 0.717) is 22.0 Å². The molecule has 1 aliphatic rings. The molecule has 0 atom stereocenters. The molecule has 1 aliphatic heterocycles. The molecule has 0 aliphatic carbocycles. The van der Waals surface area contributed by atoms with Crippen molar-refractivity contribution in [2.45, 2.75) is 0 Å². The van der Waals surface area contributed by atoms with Crippen LogP contribution in [0, 0.1) is 10.1 Å². The largest absolute Gasteiger partial charge is 0.491 e. The molecule has 1 fully saturated rings. The fourth-order valence-electron chi connectivity index (χ4n) is 3.88. The van der Waals surface area contributed by atoms with Gasteiger partial charge in [0.2, 0.25) is 0 Å². The lowest BCUT2D eigenvalue weighted by atomic mass is 10.1. The topological polar surface area (TPSA) is 94.7 Å². The van der Waals surface area contributed by atoms with Gasteiger partial charge in [-0.1, -0.05) is 36.4 Å². The molecule has 1 saturated heterocycles. The van der Waals surface area contributed by atoms with E-state index in [9.17, 15) is 19.7 Å². The summed E-state index contributed by atoms with van der Waals surface area (Å²) >= 11 is 0.879. The predicted octanol–water partition coefficient (Wildman–Crippen LogP) is 5.65. The van der Waals surface area contributed by atoms with E-state index in [4.69, 9.17) is 4.74 Å². The number of nitro benzene ring substituents is 1. The van der Waals surface area contributed by atoms with Gasteiger partial charge < -0.3 is 9.30 Å². The van der Waals surface area contributed by atoms with Crippen LogP contribution in [0.25, 0.3) is 22.5 Å². The number of hydrogen-bond acceptors (Lipinski definition) is 6. The number of non-ortho nitro benzene ring substituents is 1. The van der Waals surface area contributed by atoms with Gasteiger partial charge in [-0.15, -0.1) is 0 Å². The Morgan fingerprint density at radius 3 is 2.51 bits per heavy atom. The van der Waals surface area contributed by atoms with Gasteiger partial charge in [0.1, 0.15) is 12.4 Å². The molecule has 2 heterocycles. The molecule has 0 spiro atoms. The van der Waals surface area contributed by atoms with Gasteiger partial charge in [0, 0.05) is 35.1 Å². The molecular formula is C26H19N3O5S. The highest BCUT2D eigenvalue weighted by Gasteiger charge is 2.35. The summed E-state index contributed by atoms with van der Waals surface area (Å²) in [5.41, 5.74) is 1.38.